The Labute approximate surface area is 343 Å². The van der Waals surface area contributed by atoms with Crippen LogP contribution in [-0.2, 0) is 30.8 Å². The molecule has 7 rings (SSSR count). The molecule has 0 bridgehead atoms. The molecular formula is C42H55F2N5O9S. The number of pyridine rings is 1. The predicted octanol–water partition coefficient (Wildman–Crippen LogP) is 5.58. The number of aromatic nitrogens is 1. The Kier molecular flexibility index (Phi) is 11.0. The molecule has 3 fully saturated rings. The van der Waals surface area contributed by atoms with E-state index in [2.05, 4.69) is 10.0 Å². The predicted molar refractivity (Wildman–Crippen MR) is 213 cm³/mol. The van der Waals surface area contributed by atoms with Crippen molar-refractivity contribution in [1.82, 2.24) is 24.8 Å². The van der Waals surface area contributed by atoms with Crippen molar-refractivity contribution in [3.8, 4) is 11.8 Å². The minimum Gasteiger partial charge on any atom is -0.477 e. The number of carbonyl (C=O) groups is 4. The molecule has 322 valence electrons. The van der Waals surface area contributed by atoms with Gasteiger partial charge in [0, 0.05) is 30.2 Å². The molecule has 4 heterocycles. The fraction of sp³-hybridized carbons (Fsp3) is 0.643. The van der Waals surface area contributed by atoms with Crippen molar-refractivity contribution in [2.45, 2.75) is 139 Å². The number of ether oxygens (including phenoxy) is 2. The van der Waals surface area contributed by atoms with E-state index in [0.717, 1.165) is 37.6 Å². The van der Waals surface area contributed by atoms with E-state index < -0.39 is 85.6 Å². The highest BCUT2D eigenvalue weighted by molar-refractivity contribution is 7.91. The number of benzene rings is 1. The second kappa shape index (κ2) is 15.2. The number of aryl methyl sites for hydroxylation is 1. The summed E-state index contributed by atoms with van der Waals surface area (Å²) < 4.78 is 70.9. The van der Waals surface area contributed by atoms with Crippen LogP contribution in [0.4, 0.5) is 13.6 Å². The summed E-state index contributed by atoms with van der Waals surface area (Å²) in [6.07, 6.45) is 4.69. The van der Waals surface area contributed by atoms with Gasteiger partial charge in [0.2, 0.25) is 33.6 Å². The van der Waals surface area contributed by atoms with E-state index in [0.29, 0.717) is 61.8 Å². The molecule has 1 aromatic carbocycles. The number of carboxylic acid groups (broad SMARTS) is 1. The number of rotatable bonds is 8. The van der Waals surface area contributed by atoms with Crippen LogP contribution in [0.3, 0.4) is 0 Å². The Morgan fingerprint density at radius 2 is 1.81 bits per heavy atom. The lowest BCUT2D eigenvalue weighted by Crippen LogP contribution is -2.66. The molecule has 14 nitrogen and oxygen atoms in total. The molecule has 3 N–H and O–H groups in total. The average molecular weight is 844 g/mol. The van der Waals surface area contributed by atoms with E-state index in [1.54, 1.807) is 19.9 Å². The number of amides is 4. The van der Waals surface area contributed by atoms with Crippen LogP contribution in [0.5, 0.6) is 11.8 Å². The lowest BCUT2D eigenvalue weighted by atomic mass is 9.84. The monoisotopic (exact) mass is 843 g/mol. The molecule has 1 aromatic heterocycles. The molecule has 2 aromatic rings. The molecule has 2 aliphatic carbocycles. The summed E-state index contributed by atoms with van der Waals surface area (Å²) in [6, 6.07) is 4.46. The molecule has 7 atom stereocenters. The van der Waals surface area contributed by atoms with Gasteiger partial charge in [-0.05, 0) is 95.4 Å². The van der Waals surface area contributed by atoms with E-state index in [1.165, 1.54) is 4.90 Å². The van der Waals surface area contributed by atoms with Crippen LogP contribution < -0.4 is 19.5 Å². The molecule has 0 radical (unpaired) electrons. The first-order valence-corrected chi connectivity index (χ1v) is 22.1. The second-order valence-corrected chi connectivity index (χ2v) is 20.4. The van der Waals surface area contributed by atoms with Crippen LogP contribution in [0, 0.1) is 17.8 Å². The van der Waals surface area contributed by atoms with Gasteiger partial charge in [-0.2, -0.15) is 4.98 Å². The molecule has 5 aliphatic rings. The zero-order chi connectivity index (χ0) is 42.9. The first-order valence-electron chi connectivity index (χ1n) is 20.6. The normalized spacial score (nSPS) is 29.7. The van der Waals surface area contributed by atoms with Gasteiger partial charge in [0.25, 0.3) is 11.8 Å². The first kappa shape index (κ1) is 42.6. The van der Waals surface area contributed by atoms with E-state index in [9.17, 15) is 27.9 Å². The molecule has 0 spiro atoms. The van der Waals surface area contributed by atoms with Gasteiger partial charge in [-0.15, -0.1) is 0 Å². The maximum atomic E-state index is 15.4. The molecular weight excluding hydrogens is 789 g/mol. The summed E-state index contributed by atoms with van der Waals surface area (Å²) in [5.74, 6) is -6.98. The van der Waals surface area contributed by atoms with Crippen molar-refractivity contribution in [2.75, 3.05) is 13.2 Å². The van der Waals surface area contributed by atoms with E-state index in [-0.39, 0.29) is 31.2 Å². The third-order valence-electron chi connectivity index (χ3n) is 13.4. The number of carbonyl (C=O) groups excluding carboxylic acids is 3. The maximum Gasteiger partial charge on any atom is 0.408 e. The van der Waals surface area contributed by atoms with Crippen LogP contribution in [0.2, 0.25) is 0 Å². The zero-order valence-electron chi connectivity index (χ0n) is 34.4. The average Bonchev–Trinajstić information content (AvgIpc) is 4.04. The van der Waals surface area contributed by atoms with Crippen molar-refractivity contribution in [2.24, 2.45) is 17.8 Å². The topological polar surface area (TPSA) is 185 Å². The lowest BCUT2D eigenvalue weighted by Gasteiger charge is -2.47. The third-order valence-corrected chi connectivity index (χ3v) is 15.6. The second-order valence-electron chi connectivity index (χ2n) is 18.2. The summed E-state index contributed by atoms with van der Waals surface area (Å²) in [5.41, 5.74) is -3.10. The molecule has 17 heteroatoms. The van der Waals surface area contributed by atoms with E-state index >= 15 is 13.6 Å². The number of fused-ring (bicyclic) bond motifs is 5. The van der Waals surface area contributed by atoms with E-state index in [4.69, 9.17) is 14.5 Å². The molecule has 0 unspecified atom stereocenters. The molecule has 59 heavy (non-hydrogen) atoms. The minimum atomic E-state index is -4.09. The standard InChI is InChI=1S/C42H55F2N5O9S/c1-24-12-7-8-13-26-22-42(26,37(52)47-59(55,56)40(5)17-18-40)46-33(50)31-21-27(58-35-30-15-10-9-14-28(30)29-16-11-19-57-34(29)45-35)23-48(31)36(51)32(25(2)20-24)49(38(53)54)39(3,4)41(6,43)44/h8-10,13-15,24-27,31-32H,7,11-12,16-23H2,1-6H3,(H,46,50)(H,47,52)(H,53,54)/t24-,25+,26+,27+,31-,32-,42+/m0/s1. The number of halogens is 2. The van der Waals surface area contributed by atoms with Gasteiger partial charge >= 0.3 is 6.09 Å². The summed E-state index contributed by atoms with van der Waals surface area (Å²) in [7, 11) is -4.09. The van der Waals surface area contributed by atoms with Gasteiger partial charge in [-0.25, -0.2) is 22.0 Å². The molecule has 1 saturated heterocycles. The lowest BCUT2D eigenvalue weighted by molar-refractivity contribution is -0.156. The number of nitrogens with zero attached hydrogens (tertiary/aromatic N) is 3. The highest BCUT2D eigenvalue weighted by atomic mass is 32.2. The minimum absolute atomic E-state index is 0.0940. The Morgan fingerprint density at radius 1 is 1.12 bits per heavy atom. The largest absolute Gasteiger partial charge is 0.477 e. The van der Waals surface area contributed by atoms with E-state index in [1.807, 2.05) is 37.3 Å². The van der Waals surface area contributed by atoms with Gasteiger partial charge < -0.3 is 24.8 Å². The third kappa shape index (κ3) is 7.83. The summed E-state index contributed by atoms with van der Waals surface area (Å²) in [5, 5.41) is 15.0. The maximum absolute atomic E-state index is 15.4. The fourth-order valence-corrected chi connectivity index (χ4v) is 10.3. The number of sulfonamides is 1. The Hall–Kier alpha value is -4.54. The number of hydrogen-bond donors (Lipinski definition) is 3. The zero-order valence-corrected chi connectivity index (χ0v) is 35.2. The summed E-state index contributed by atoms with van der Waals surface area (Å²) >= 11 is 0. The molecule has 4 amide bonds. The van der Waals surface area contributed by atoms with Crippen LogP contribution in [0.25, 0.3) is 10.8 Å². The Bertz CT molecular complexity index is 2170. The van der Waals surface area contributed by atoms with Gasteiger partial charge in [0.15, 0.2) is 0 Å². The Morgan fingerprint density at radius 3 is 2.47 bits per heavy atom. The van der Waals surface area contributed by atoms with Gasteiger partial charge in [-0.1, -0.05) is 44.2 Å². The SMILES string of the molecule is C[C@H]1CCC=C[C@@H]2C[C@@]2(C(=O)NS(=O)(=O)C2(C)CC2)NC(=O)[C@@H]2C[C@@H](Oc3nc4c(c5ccccc35)CCCO4)CN2C(=O)[C@@H](N(C(=O)O)C(C)(C)C(C)(F)F)[C@H](C)C1. The van der Waals surface area contributed by atoms with Crippen molar-refractivity contribution in [3.63, 3.8) is 0 Å². The van der Waals surface area contributed by atoms with Crippen molar-refractivity contribution in [1.29, 1.82) is 0 Å². The van der Waals surface area contributed by atoms with Crippen LogP contribution in [-0.4, -0.2) is 105 Å². The number of nitrogens with one attached hydrogen (secondary N) is 2. The smallest absolute Gasteiger partial charge is 0.408 e. The van der Waals surface area contributed by atoms with Crippen molar-refractivity contribution < 1.29 is 51.0 Å². The first-order chi connectivity index (χ1) is 27.6. The van der Waals surface area contributed by atoms with Gasteiger partial charge in [-0.3, -0.25) is 24.0 Å². The number of allylic oxidation sites excluding steroid dienone is 1. The summed E-state index contributed by atoms with van der Waals surface area (Å²) in [6.45, 7) is 8.10. The van der Waals surface area contributed by atoms with Gasteiger partial charge in [0.1, 0.15) is 29.3 Å². The van der Waals surface area contributed by atoms with Crippen molar-refractivity contribution in [3.05, 3.63) is 42.0 Å². The Balaban J connectivity index is 1.30. The quantitative estimate of drug-likeness (QED) is 0.284. The van der Waals surface area contributed by atoms with Crippen LogP contribution in [0.1, 0.15) is 98.5 Å². The number of alkyl halides is 2. The fourth-order valence-electron chi connectivity index (χ4n) is 8.95. The highest BCUT2D eigenvalue weighted by Crippen LogP contribution is 2.48. The van der Waals surface area contributed by atoms with Gasteiger partial charge in [0.05, 0.1) is 17.9 Å². The van der Waals surface area contributed by atoms with Crippen molar-refractivity contribution >= 4 is 44.6 Å². The van der Waals surface area contributed by atoms with Crippen LogP contribution >= 0.6 is 0 Å². The van der Waals surface area contributed by atoms with Crippen LogP contribution in [0.15, 0.2) is 36.4 Å². The number of hydrogen-bond acceptors (Lipinski definition) is 9. The highest BCUT2D eigenvalue weighted by Gasteiger charge is 2.63. The summed E-state index contributed by atoms with van der Waals surface area (Å²) in [4.78, 5) is 63.4. The molecule has 3 aliphatic heterocycles. The molecule has 2 saturated carbocycles.